The maximum atomic E-state index is 11.7. The Balaban J connectivity index is 2.97. The third-order valence-corrected chi connectivity index (χ3v) is 2.45. The third kappa shape index (κ3) is 3.69. The third-order valence-electron chi connectivity index (χ3n) is 2.45. The molecule has 0 atom stereocenters. The number of ether oxygens (including phenoxy) is 1. The highest BCUT2D eigenvalue weighted by Gasteiger charge is 2.23. The zero-order valence-electron chi connectivity index (χ0n) is 10.4. The summed E-state index contributed by atoms with van der Waals surface area (Å²) in [6, 6.07) is 0.261. The predicted molar refractivity (Wildman–Crippen MR) is 64.6 cm³/mol. The number of nitrogens with zero attached hydrogens (tertiary/aromatic N) is 1. The lowest BCUT2D eigenvalue weighted by Crippen LogP contribution is -2.23. The van der Waals surface area contributed by atoms with Crippen LogP contribution in [0.3, 0.4) is 0 Å². The van der Waals surface area contributed by atoms with E-state index in [0.29, 0.717) is 0 Å². The Bertz CT molecular complexity index is 379. The number of methoxy groups -OCH3 is 1. The molecule has 0 bridgehead atoms. The van der Waals surface area contributed by atoms with Crippen LogP contribution in [0.5, 0.6) is 0 Å². The van der Waals surface area contributed by atoms with E-state index >= 15 is 0 Å². The summed E-state index contributed by atoms with van der Waals surface area (Å²) in [7, 11) is 1.25. The van der Waals surface area contributed by atoms with Crippen molar-refractivity contribution in [1.82, 2.24) is 0 Å². The maximum Gasteiger partial charge on any atom is 0.341 e. The second kappa shape index (κ2) is 5.61. The van der Waals surface area contributed by atoms with Crippen LogP contribution < -0.4 is 5.73 Å². The molecule has 94 valence electrons. The van der Waals surface area contributed by atoms with Gasteiger partial charge in [0.2, 0.25) is 0 Å². The van der Waals surface area contributed by atoms with Crippen molar-refractivity contribution in [2.45, 2.75) is 32.7 Å². The summed E-state index contributed by atoms with van der Waals surface area (Å²) >= 11 is 0. The molecule has 0 radical (unpaired) electrons. The molecule has 0 heterocycles. The lowest BCUT2D eigenvalue weighted by Gasteiger charge is -2.07. The molecule has 0 aromatic heterocycles. The number of aliphatic imine (C=N–C) groups is 1. The van der Waals surface area contributed by atoms with Crippen LogP contribution in [0.2, 0.25) is 0 Å². The number of allylic oxidation sites excluding steroid dienone is 1. The minimum Gasteiger partial charge on any atom is -0.465 e. The molecular formula is C12H18N2O3. The SMILES string of the molecule is COC(=O)/C(C=NC1CC1)=C(/N)C(=O)C(C)C. The van der Waals surface area contributed by atoms with Crippen molar-refractivity contribution in [1.29, 1.82) is 0 Å². The molecule has 0 unspecified atom stereocenters. The summed E-state index contributed by atoms with van der Waals surface area (Å²) in [6.07, 6.45) is 3.39. The van der Waals surface area contributed by atoms with Gasteiger partial charge in [-0.25, -0.2) is 4.79 Å². The number of carbonyl (C=O) groups is 2. The van der Waals surface area contributed by atoms with Crippen molar-refractivity contribution >= 4 is 18.0 Å². The highest BCUT2D eigenvalue weighted by Crippen LogP contribution is 2.23. The number of ketones is 1. The van der Waals surface area contributed by atoms with Gasteiger partial charge in [-0.15, -0.1) is 0 Å². The van der Waals surface area contributed by atoms with Crippen LogP contribution >= 0.6 is 0 Å². The number of Topliss-reactive ketones (excluding diaryl/α,β-unsaturated/α-hetero) is 1. The Kier molecular flexibility index (Phi) is 4.43. The lowest BCUT2D eigenvalue weighted by atomic mass is 10.0. The molecule has 0 amide bonds. The quantitative estimate of drug-likeness (QED) is 0.437. The van der Waals surface area contributed by atoms with Crippen LogP contribution in [0.25, 0.3) is 0 Å². The van der Waals surface area contributed by atoms with Gasteiger partial charge in [0, 0.05) is 12.1 Å². The molecular weight excluding hydrogens is 220 g/mol. The van der Waals surface area contributed by atoms with E-state index in [4.69, 9.17) is 5.73 Å². The van der Waals surface area contributed by atoms with E-state index in [2.05, 4.69) is 9.73 Å². The van der Waals surface area contributed by atoms with Crippen molar-refractivity contribution < 1.29 is 14.3 Å². The zero-order valence-corrected chi connectivity index (χ0v) is 10.4. The second-order valence-corrected chi connectivity index (χ2v) is 4.35. The van der Waals surface area contributed by atoms with E-state index in [1.807, 2.05) is 0 Å². The van der Waals surface area contributed by atoms with Crippen molar-refractivity contribution in [3.63, 3.8) is 0 Å². The maximum absolute atomic E-state index is 11.7. The highest BCUT2D eigenvalue weighted by atomic mass is 16.5. The molecule has 1 aliphatic rings. The molecule has 1 rings (SSSR count). The Labute approximate surface area is 101 Å². The monoisotopic (exact) mass is 238 g/mol. The number of nitrogens with two attached hydrogens (primary N) is 1. The molecule has 0 aromatic rings. The Hall–Kier alpha value is -1.65. The average molecular weight is 238 g/mol. The molecule has 1 saturated carbocycles. The second-order valence-electron chi connectivity index (χ2n) is 4.35. The first-order chi connectivity index (χ1) is 7.97. The topological polar surface area (TPSA) is 81.8 Å². The standard InChI is InChI=1S/C12H18N2O3/c1-7(2)11(15)10(13)9(12(16)17-3)6-14-8-4-5-8/h6-8H,4-5,13H2,1-3H3/b10-9+,14-6?. The summed E-state index contributed by atoms with van der Waals surface area (Å²) in [6.45, 7) is 3.45. The zero-order chi connectivity index (χ0) is 13.0. The summed E-state index contributed by atoms with van der Waals surface area (Å²) in [4.78, 5) is 27.4. The van der Waals surface area contributed by atoms with Gasteiger partial charge in [0.15, 0.2) is 5.78 Å². The van der Waals surface area contributed by atoms with Gasteiger partial charge in [-0.3, -0.25) is 9.79 Å². The molecule has 0 saturated heterocycles. The van der Waals surface area contributed by atoms with Gasteiger partial charge in [0.1, 0.15) is 5.57 Å². The van der Waals surface area contributed by atoms with Gasteiger partial charge in [-0.05, 0) is 12.8 Å². The number of rotatable bonds is 5. The first kappa shape index (κ1) is 13.4. The first-order valence-corrected chi connectivity index (χ1v) is 5.62. The van der Waals surface area contributed by atoms with Gasteiger partial charge in [0.25, 0.3) is 0 Å². The number of hydrogen-bond donors (Lipinski definition) is 1. The number of hydrogen-bond acceptors (Lipinski definition) is 5. The fourth-order valence-corrected chi connectivity index (χ4v) is 1.19. The van der Waals surface area contributed by atoms with Gasteiger partial charge >= 0.3 is 5.97 Å². The lowest BCUT2D eigenvalue weighted by molar-refractivity contribution is -0.135. The molecule has 1 fully saturated rings. The molecule has 17 heavy (non-hydrogen) atoms. The van der Waals surface area contributed by atoms with E-state index in [0.717, 1.165) is 12.8 Å². The summed E-state index contributed by atoms with van der Waals surface area (Å²) in [5.41, 5.74) is 5.66. The Morgan fingerprint density at radius 3 is 2.41 bits per heavy atom. The van der Waals surface area contributed by atoms with Crippen molar-refractivity contribution in [2.75, 3.05) is 7.11 Å². The fourth-order valence-electron chi connectivity index (χ4n) is 1.19. The van der Waals surface area contributed by atoms with Crippen LogP contribution in [-0.4, -0.2) is 31.1 Å². The van der Waals surface area contributed by atoms with Gasteiger partial charge in [-0.1, -0.05) is 13.8 Å². The van der Waals surface area contributed by atoms with Gasteiger partial charge in [-0.2, -0.15) is 0 Å². The van der Waals surface area contributed by atoms with Crippen LogP contribution in [0.4, 0.5) is 0 Å². The summed E-state index contributed by atoms with van der Waals surface area (Å²) in [5.74, 6) is -1.16. The molecule has 0 aromatic carbocycles. The van der Waals surface area contributed by atoms with Crippen LogP contribution in [0.1, 0.15) is 26.7 Å². The highest BCUT2D eigenvalue weighted by molar-refractivity contribution is 6.16. The largest absolute Gasteiger partial charge is 0.465 e. The number of esters is 1. The molecule has 2 N–H and O–H groups in total. The van der Waals surface area contributed by atoms with E-state index in [1.54, 1.807) is 13.8 Å². The molecule has 1 aliphatic carbocycles. The van der Waals surface area contributed by atoms with Crippen molar-refractivity contribution in [3.8, 4) is 0 Å². The number of carbonyl (C=O) groups excluding carboxylic acids is 2. The van der Waals surface area contributed by atoms with E-state index in [-0.39, 0.29) is 29.0 Å². The minimum absolute atomic E-state index is 0.0538. The van der Waals surface area contributed by atoms with Crippen molar-refractivity contribution in [2.24, 2.45) is 16.6 Å². The smallest absolute Gasteiger partial charge is 0.341 e. The van der Waals surface area contributed by atoms with E-state index in [9.17, 15) is 9.59 Å². The Morgan fingerprint density at radius 1 is 1.41 bits per heavy atom. The average Bonchev–Trinajstić information content (AvgIpc) is 3.11. The molecule has 0 aliphatic heterocycles. The van der Waals surface area contributed by atoms with E-state index in [1.165, 1.54) is 13.3 Å². The van der Waals surface area contributed by atoms with Gasteiger partial charge < -0.3 is 10.5 Å². The van der Waals surface area contributed by atoms with Crippen LogP contribution in [0.15, 0.2) is 16.3 Å². The summed E-state index contributed by atoms with van der Waals surface area (Å²) < 4.78 is 4.60. The van der Waals surface area contributed by atoms with Crippen LogP contribution in [-0.2, 0) is 14.3 Å². The molecule has 5 nitrogen and oxygen atoms in total. The summed E-state index contributed by atoms with van der Waals surface area (Å²) in [5, 5.41) is 0. The minimum atomic E-state index is -0.624. The van der Waals surface area contributed by atoms with Gasteiger partial charge in [0.05, 0.1) is 18.8 Å². The predicted octanol–water partition coefficient (Wildman–Crippen LogP) is 0.830. The van der Waals surface area contributed by atoms with Crippen molar-refractivity contribution in [3.05, 3.63) is 11.3 Å². The normalized spacial score (nSPS) is 17.2. The Morgan fingerprint density at radius 2 is 2.00 bits per heavy atom. The molecule has 0 spiro atoms. The fraction of sp³-hybridized carbons (Fsp3) is 0.583. The molecule has 5 heteroatoms. The van der Waals surface area contributed by atoms with E-state index < -0.39 is 5.97 Å². The first-order valence-electron chi connectivity index (χ1n) is 5.62. The van der Waals surface area contributed by atoms with Crippen LogP contribution in [0, 0.1) is 5.92 Å².